The van der Waals surface area contributed by atoms with Crippen LogP contribution in [0.15, 0.2) is 0 Å². The molecule has 16 heavy (non-hydrogen) atoms. The number of nitrogens with one attached hydrogen (secondary N) is 1. The van der Waals surface area contributed by atoms with Crippen LogP contribution in [-0.2, 0) is 9.59 Å². The molecule has 0 aliphatic carbocycles. The van der Waals surface area contributed by atoms with Crippen LogP contribution in [0, 0.1) is 23.2 Å². The zero-order chi connectivity index (χ0) is 12.7. The molecule has 0 aliphatic heterocycles. The van der Waals surface area contributed by atoms with Crippen molar-refractivity contribution in [1.82, 2.24) is 5.32 Å². The molecule has 0 radical (unpaired) electrons. The van der Waals surface area contributed by atoms with Gasteiger partial charge in [0.1, 0.15) is 6.04 Å². The van der Waals surface area contributed by atoms with Gasteiger partial charge >= 0.3 is 0 Å². The molecule has 2 atom stereocenters. The molecule has 0 spiro atoms. The standard InChI is InChI=1S/C11H19N3O2/c1-7(2)4-10(15)14-9(11(13)16)5-8(3)6-12/h7-9H,4-5H2,1-3H3,(H2,13,16)(H,14,15)/t8-,9-/m0/s1. The summed E-state index contributed by atoms with van der Waals surface area (Å²) in [5.41, 5.74) is 5.16. The first kappa shape index (κ1) is 14.4. The molecule has 3 N–H and O–H groups in total. The normalized spacial score (nSPS) is 13.9. The lowest BCUT2D eigenvalue weighted by Crippen LogP contribution is -2.45. The summed E-state index contributed by atoms with van der Waals surface area (Å²) in [4.78, 5) is 22.5. The fourth-order valence-electron chi connectivity index (χ4n) is 1.28. The summed E-state index contributed by atoms with van der Waals surface area (Å²) in [6.45, 7) is 5.51. The van der Waals surface area contributed by atoms with Gasteiger partial charge in [-0.3, -0.25) is 9.59 Å². The molecule has 90 valence electrons. The molecule has 0 fully saturated rings. The SMILES string of the molecule is CC(C)CC(=O)N[C@@H](C[C@H](C)C#N)C(N)=O. The van der Waals surface area contributed by atoms with E-state index in [1.807, 2.05) is 19.9 Å². The van der Waals surface area contributed by atoms with Crippen LogP contribution in [0.3, 0.4) is 0 Å². The van der Waals surface area contributed by atoms with Crippen LogP contribution >= 0.6 is 0 Å². The highest BCUT2D eigenvalue weighted by Gasteiger charge is 2.20. The summed E-state index contributed by atoms with van der Waals surface area (Å²) in [5, 5.41) is 11.2. The highest BCUT2D eigenvalue weighted by molar-refractivity contribution is 5.86. The zero-order valence-electron chi connectivity index (χ0n) is 9.99. The van der Waals surface area contributed by atoms with E-state index in [-0.39, 0.29) is 24.2 Å². The maximum Gasteiger partial charge on any atom is 0.240 e. The lowest BCUT2D eigenvalue weighted by molar-refractivity contribution is -0.128. The second kappa shape index (κ2) is 6.83. The molecule has 2 amide bonds. The molecule has 0 bridgehead atoms. The van der Waals surface area contributed by atoms with Gasteiger partial charge in [0.2, 0.25) is 11.8 Å². The first-order chi connectivity index (χ1) is 7.36. The molecule has 0 unspecified atom stereocenters. The average molecular weight is 225 g/mol. The second-order valence-electron chi connectivity index (χ2n) is 4.39. The molecule has 5 heteroatoms. The number of nitriles is 1. The van der Waals surface area contributed by atoms with Crippen molar-refractivity contribution in [2.75, 3.05) is 0 Å². The van der Waals surface area contributed by atoms with Gasteiger partial charge in [-0.2, -0.15) is 5.26 Å². The third-order valence-corrected chi connectivity index (χ3v) is 2.08. The Kier molecular flexibility index (Phi) is 6.16. The minimum atomic E-state index is -0.749. The van der Waals surface area contributed by atoms with Crippen molar-refractivity contribution in [1.29, 1.82) is 5.26 Å². The number of amides is 2. The van der Waals surface area contributed by atoms with Gasteiger partial charge in [0.05, 0.1) is 6.07 Å². The molecule has 0 aromatic heterocycles. The molecule has 0 rings (SSSR count). The van der Waals surface area contributed by atoms with Crippen molar-refractivity contribution >= 4 is 11.8 Å². The summed E-state index contributed by atoms with van der Waals surface area (Å²) in [6.07, 6.45) is 0.611. The summed E-state index contributed by atoms with van der Waals surface area (Å²) < 4.78 is 0. The van der Waals surface area contributed by atoms with Crippen molar-refractivity contribution in [2.24, 2.45) is 17.6 Å². The molecule has 0 aromatic carbocycles. The maximum atomic E-state index is 11.4. The largest absolute Gasteiger partial charge is 0.368 e. The van der Waals surface area contributed by atoms with Crippen molar-refractivity contribution in [2.45, 2.75) is 39.7 Å². The van der Waals surface area contributed by atoms with Gasteiger partial charge in [-0.05, 0) is 19.3 Å². The van der Waals surface area contributed by atoms with E-state index < -0.39 is 11.9 Å². The zero-order valence-corrected chi connectivity index (χ0v) is 9.99. The highest BCUT2D eigenvalue weighted by Crippen LogP contribution is 2.06. The smallest absolute Gasteiger partial charge is 0.240 e. The fraction of sp³-hybridized carbons (Fsp3) is 0.727. The Morgan fingerprint density at radius 3 is 2.31 bits per heavy atom. The van der Waals surface area contributed by atoms with E-state index in [1.54, 1.807) is 6.92 Å². The van der Waals surface area contributed by atoms with Crippen LogP contribution in [-0.4, -0.2) is 17.9 Å². The Hall–Kier alpha value is -1.57. The summed E-state index contributed by atoms with van der Waals surface area (Å²) >= 11 is 0. The molecular weight excluding hydrogens is 206 g/mol. The van der Waals surface area contributed by atoms with E-state index in [0.717, 1.165) is 0 Å². The Labute approximate surface area is 96.0 Å². The number of nitrogens with zero attached hydrogens (tertiary/aromatic N) is 1. The number of nitrogens with two attached hydrogens (primary N) is 1. The number of primary amides is 1. The average Bonchev–Trinajstić information content (AvgIpc) is 2.14. The lowest BCUT2D eigenvalue weighted by atomic mass is 10.0. The van der Waals surface area contributed by atoms with E-state index in [1.165, 1.54) is 0 Å². The lowest BCUT2D eigenvalue weighted by Gasteiger charge is -2.17. The van der Waals surface area contributed by atoms with Gasteiger partial charge in [-0.15, -0.1) is 0 Å². The Morgan fingerprint density at radius 2 is 1.94 bits per heavy atom. The third kappa shape index (κ3) is 6.02. The van der Waals surface area contributed by atoms with Crippen LogP contribution in [0.1, 0.15) is 33.6 Å². The number of rotatable bonds is 6. The van der Waals surface area contributed by atoms with Crippen LogP contribution in [0.2, 0.25) is 0 Å². The van der Waals surface area contributed by atoms with E-state index >= 15 is 0 Å². The Bertz CT molecular complexity index is 294. The quantitative estimate of drug-likeness (QED) is 0.691. The molecule has 0 saturated heterocycles. The number of hydrogen-bond donors (Lipinski definition) is 2. The fourth-order valence-corrected chi connectivity index (χ4v) is 1.28. The predicted octanol–water partition coefficient (Wildman–Crippen LogP) is 0.552. The van der Waals surface area contributed by atoms with Gasteiger partial charge in [-0.25, -0.2) is 0 Å². The van der Waals surface area contributed by atoms with E-state index in [2.05, 4.69) is 5.32 Å². The molecule has 0 aliphatic rings. The predicted molar refractivity (Wildman–Crippen MR) is 60.0 cm³/mol. The maximum absolute atomic E-state index is 11.4. The number of hydrogen-bond acceptors (Lipinski definition) is 3. The van der Waals surface area contributed by atoms with Crippen molar-refractivity contribution in [3.63, 3.8) is 0 Å². The number of carbonyl (C=O) groups excluding carboxylic acids is 2. The number of carbonyl (C=O) groups is 2. The van der Waals surface area contributed by atoms with E-state index in [4.69, 9.17) is 11.0 Å². The summed E-state index contributed by atoms with van der Waals surface area (Å²) in [5.74, 6) is -0.887. The van der Waals surface area contributed by atoms with Gasteiger partial charge < -0.3 is 11.1 Å². The molecule has 5 nitrogen and oxygen atoms in total. The Morgan fingerprint density at radius 1 is 1.38 bits per heavy atom. The molecule has 0 heterocycles. The van der Waals surface area contributed by atoms with Gasteiger partial charge in [0.25, 0.3) is 0 Å². The van der Waals surface area contributed by atoms with Crippen LogP contribution in [0.25, 0.3) is 0 Å². The first-order valence-corrected chi connectivity index (χ1v) is 5.35. The van der Waals surface area contributed by atoms with Gasteiger partial charge in [-0.1, -0.05) is 13.8 Å². The minimum absolute atomic E-state index is 0.205. The van der Waals surface area contributed by atoms with Crippen molar-refractivity contribution in [3.8, 4) is 6.07 Å². The van der Waals surface area contributed by atoms with Gasteiger partial charge in [0.15, 0.2) is 0 Å². The molecular formula is C11H19N3O2. The summed E-state index contributed by atoms with van der Waals surface area (Å²) in [7, 11) is 0. The third-order valence-electron chi connectivity index (χ3n) is 2.08. The minimum Gasteiger partial charge on any atom is -0.368 e. The highest BCUT2D eigenvalue weighted by atomic mass is 16.2. The first-order valence-electron chi connectivity index (χ1n) is 5.35. The van der Waals surface area contributed by atoms with Crippen molar-refractivity contribution in [3.05, 3.63) is 0 Å². The van der Waals surface area contributed by atoms with Crippen LogP contribution in [0.4, 0.5) is 0 Å². The van der Waals surface area contributed by atoms with E-state index in [0.29, 0.717) is 6.42 Å². The topological polar surface area (TPSA) is 96.0 Å². The van der Waals surface area contributed by atoms with Gasteiger partial charge in [0, 0.05) is 12.3 Å². The van der Waals surface area contributed by atoms with Crippen LogP contribution < -0.4 is 11.1 Å². The molecule has 0 saturated carbocycles. The summed E-state index contributed by atoms with van der Waals surface area (Å²) in [6, 6.07) is 1.26. The van der Waals surface area contributed by atoms with Crippen molar-refractivity contribution < 1.29 is 9.59 Å². The Balaban J connectivity index is 4.30. The monoisotopic (exact) mass is 225 g/mol. The molecule has 0 aromatic rings. The van der Waals surface area contributed by atoms with E-state index in [9.17, 15) is 9.59 Å². The van der Waals surface area contributed by atoms with Crippen LogP contribution in [0.5, 0.6) is 0 Å². The second-order valence-corrected chi connectivity index (χ2v) is 4.39.